The summed E-state index contributed by atoms with van der Waals surface area (Å²) in [6.45, 7) is 5.38. The molecule has 1 fully saturated rings. The molecule has 0 saturated carbocycles. The average molecular weight is 331 g/mol. The van der Waals surface area contributed by atoms with Crippen LogP contribution < -0.4 is 0 Å². The first-order valence-electron chi connectivity index (χ1n) is 6.72. The van der Waals surface area contributed by atoms with Crippen molar-refractivity contribution in [2.24, 2.45) is 0 Å². The molecular formula is C14H18FNO5S. The second-order valence-electron chi connectivity index (χ2n) is 5.88. The second kappa shape index (κ2) is 5.60. The lowest BCUT2D eigenvalue weighted by atomic mass is 10.1. The molecule has 1 aliphatic heterocycles. The quantitative estimate of drug-likeness (QED) is 0.910. The highest BCUT2D eigenvalue weighted by Crippen LogP contribution is 2.27. The Bertz CT molecular complexity index is 714. The van der Waals surface area contributed by atoms with Crippen LogP contribution in [0, 0.1) is 12.7 Å². The van der Waals surface area contributed by atoms with E-state index < -0.39 is 37.9 Å². The summed E-state index contributed by atoms with van der Waals surface area (Å²) in [5, 5.41) is 9.01. The van der Waals surface area contributed by atoms with Crippen molar-refractivity contribution in [1.82, 2.24) is 4.31 Å². The van der Waals surface area contributed by atoms with Gasteiger partial charge >= 0.3 is 5.97 Å². The minimum absolute atomic E-state index is 0.0745. The van der Waals surface area contributed by atoms with Gasteiger partial charge in [-0.15, -0.1) is 0 Å². The Hall–Kier alpha value is -1.51. The molecule has 1 N–H and O–H groups in total. The van der Waals surface area contributed by atoms with E-state index in [1.54, 1.807) is 13.8 Å². The predicted octanol–water partition coefficient (Wildman–Crippen LogP) is 1.63. The third-order valence-corrected chi connectivity index (χ3v) is 5.27. The zero-order valence-corrected chi connectivity index (χ0v) is 13.4. The molecular weight excluding hydrogens is 313 g/mol. The molecule has 0 spiro atoms. The first kappa shape index (κ1) is 16.9. The summed E-state index contributed by atoms with van der Waals surface area (Å²) in [7, 11) is -4.13. The van der Waals surface area contributed by atoms with Crippen LogP contribution in [-0.4, -0.2) is 49.1 Å². The molecule has 0 radical (unpaired) electrons. The number of aromatic carboxylic acids is 1. The van der Waals surface area contributed by atoms with Gasteiger partial charge in [0.1, 0.15) is 4.90 Å². The Morgan fingerprint density at radius 3 is 2.59 bits per heavy atom. The predicted molar refractivity (Wildman–Crippen MR) is 76.9 cm³/mol. The van der Waals surface area contributed by atoms with Crippen LogP contribution in [0.4, 0.5) is 4.39 Å². The number of carbonyl (C=O) groups is 1. The van der Waals surface area contributed by atoms with E-state index in [-0.39, 0.29) is 19.7 Å². The van der Waals surface area contributed by atoms with Crippen LogP contribution in [0.5, 0.6) is 0 Å². The van der Waals surface area contributed by atoms with Gasteiger partial charge in [-0.1, -0.05) is 0 Å². The lowest BCUT2D eigenvalue weighted by Crippen LogP contribution is -2.50. The van der Waals surface area contributed by atoms with Gasteiger partial charge in [0.2, 0.25) is 10.0 Å². The van der Waals surface area contributed by atoms with Crippen molar-refractivity contribution < 1.29 is 27.4 Å². The van der Waals surface area contributed by atoms with Gasteiger partial charge in [-0.25, -0.2) is 17.6 Å². The van der Waals surface area contributed by atoms with Crippen molar-refractivity contribution in [2.45, 2.75) is 31.3 Å². The van der Waals surface area contributed by atoms with E-state index in [1.807, 2.05) is 0 Å². The van der Waals surface area contributed by atoms with E-state index in [2.05, 4.69) is 0 Å². The zero-order valence-electron chi connectivity index (χ0n) is 12.6. The van der Waals surface area contributed by atoms with E-state index in [0.29, 0.717) is 5.56 Å². The molecule has 0 unspecified atom stereocenters. The lowest BCUT2D eigenvalue weighted by Gasteiger charge is -2.37. The number of morpholine rings is 1. The Balaban J connectivity index is 2.52. The molecule has 22 heavy (non-hydrogen) atoms. The van der Waals surface area contributed by atoms with E-state index in [1.165, 1.54) is 6.92 Å². The van der Waals surface area contributed by atoms with Crippen LogP contribution in [0.3, 0.4) is 0 Å². The molecule has 1 saturated heterocycles. The van der Waals surface area contributed by atoms with E-state index in [9.17, 15) is 17.6 Å². The van der Waals surface area contributed by atoms with E-state index in [4.69, 9.17) is 9.84 Å². The maximum Gasteiger partial charge on any atom is 0.338 e. The highest BCUT2D eigenvalue weighted by atomic mass is 32.2. The van der Waals surface area contributed by atoms with Crippen LogP contribution in [0.15, 0.2) is 17.0 Å². The summed E-state index contributed by atoms with van der Waals surface area (Å²) >= 11 is 0. The fourth-order valence-electron chi connectivity index (χ4n) is 2.40. The first-order valence-corrected chi connectivity index (χ1v) is 8.16. The fourth-order valence-corrected chi connectivity index (χ4v) is 4.14. The second-order valence-corrected chi connectivity index (χ2v) is 7.78. The molecule has 122 valence electrons. The molecule has 1 heterocycles. The fraction of sp³-hybridized carbons (Fsp3) is 0.500. The molecule has 0 amide bonds. The molecule has 0 bridgehead atoms. The van der Waals surface area contributed by atoms with Crippen molar-refractivity contribution in [3.8, 4) is 0 Å². The standard InChI is InChI=1S/C14H18FNO5S/c1-9-6-10(13(17)18)12(15)11(7-9)22(19,20)16-4-5-21-14(2,3)8-16/h6-7H,4-5,8H2,1-3H3,(H,17,18). The summed E-state index contributed by atoms with van der Waals surface area (Å²) in [5.41, 5.74) is -0.961. The SMILES string of the molecule is Cc1cc(C(=O)O)c(F)c(S(=O)(=O)N2CCOC(C)(C)C2)c1. The maximum atomic E-state index is 14.3. The minimum Gasteiger partial charge on any atom is -0.478 e. The minimum atomic E-state index is -4.13. The van der Waals surface area contributed by atoms with Gasteiger partial charge in [-0.05, 0) is 38.5 Å². The number of hydrogen-bond donors (Lipinski definition) is 1. The number of benzene rings is 1. The number of aryl methyl sites for hydroxylation is 1. The Labute approximate surface area is 128 Å². The van der Waals surface area contributed by atoms with Gasteiger partial charge in [-0.2, -0.15) is 4.31 Å². The Kier molecular flexibility index (Phi) is 4.29. The number of rotatable bonds is 3. The van der Waals surface area contributed by atoms with Crippen molar-refractivity contribution in [3.05, 3.63) is 29.1 Å². The molecule has 0 atom stereocenters. The number of hydrogen-bond acceptors (Lipinski definition) is 4. The Morgan fingerprint density at radius 1 is 1.41 bits per heavy atom. The van der Waals surface area contributed by atoms with Crippen molar-refractivity contribution in [1.29, 1.82) is 0 Å². The van der Waals surface area contributed by atoms with Crippen molar-refractivity contribution >= 4 is 16.0 Å². The molecule has 0 aliphatic carbocycles. The third-order valence-electron chi connectivity index (χ3n) is 3.42. The number of sulfonamides is 1. The van der Waals surface area contributed by atoms with Gasteiger partial charge in [0.15, 0.2) is 5.82 Å². The smallest absolute Gasteiger partial charge is 0.338 e. The monoisotopic (exact) mass is 331 g/mol. The molecule has 0 aromatic heterocycles. The maximum absolute atomic E-state index is 14.3. The summed E-state index contributed by atoms with van der Waals surface area (Å²) in [6.07, 6.45) is 0. The lowest BCUT2D eigenvalue weighted by molar-refractivity contribution is -0.0640. The number of ether oxygens (including phenoxy) is 1. The molecule has 1 aromatic rings. The zero-order chi connectivity index (χ0) is 16.7. The van der Waals surface area contributed by atoms with Crippen LogP contribution >= 0.6 is 0 Å². The first-order chi connectivity index (χ1) is 10.0. The van der Waals surface area contributed by atoms with Crippen LogP contribution in [0.1, 0.15) is 29.8 Å². The molecule has 1 aliphatic rings. The largest absolute Gasteiger partial charge is 0.478 e. The van der Waals surface area contributed by atoms with Crippen LogP contribution in [-0.2, 0) is 14.8 Å². The number of halogens is 1. The van der Waals surface area contributed by atoms with E-state index >= 15 is 0 Å². The number of nitrogens with zero attached hydrogens (tertiary/aromatic N) is 1. The molecule has 1 aromatic carbocycles. The molecule has 2 rings (SSSR count). The normalized spacial score (nSPS) is 19.1. The van der Waals surface area contributed by atoms with Crippen molar-refractivity contribution in [3.63, 3.8) is 0 Å². The third kappa shape index (κ3) is 3.13. The summed E-state index contributed by atoms with van der Waals surface area (Å²) in [6, 6.07) is 2.26. The van der Waals surface area contributed by atoms with Gasteiger partial charge in [0.05, 0.1) is 17.8 Å². The topological polar surface area (TPSA) is 83.9 Å². The molecule has 8 heteroatoms. The van der Waals surface area contributed by atoms with Gasteiger partial charge < -0.3 is 9.84 Å². The highest BCUT2D eigenvalue weighted by Gasteiger charge is 2.37. The number of carboxylic acids is 1. The summed E-state index contributed by atoms with van der Waals surface area (Å²) in [4.78, 5) is 10.5. The van der Waals surface area contributed by atoms with Crippen molar-refractivity contribution in [2.75, 3.05) is 19.7 Å². The highest BCUT2D eigenvalue weighted by molar-refractivity contribution is 7.89. The summed E-state index contributed by atoms with van der Waals surface area (Å²) in [5.74, 6) is -2.73. The van der Waals surface area contributed by atoms with Gasteiger partial charge in [-0.3, -0.25) is 0 Å². The van der Waals surface area contributed by atoms with Gasteiger partial charge in [0, 0.05) is 13.1 Å². The van der Waals surface area contributed by atoms with Gasteiger partial charge in [0.25, 0.3) is 0 Å². The number of carboxylic acid groups (broad SMARTS) is 1. The summed E-state index contributed by atoms with van der Waals surface area (Å²) < 4.78 is 46.2. The van der Waals surface area contributed by atoms with E-state index in [0.717, 1.165) is 16.4 Å². The average Bonchev–Trinajstić information content (AvgIpc) is 2.39. The van der Waals surface area contributed by atoms with Crippen LogP contribution in [0.25, 0.3) is 0 Å². The Morgan fingerprint density at radius 2 is 2.05 bits per heavy atom. The molecule has 6 nitrogen and oxygen atoms in total. The van der Waals surface area contributed by atoms with Crippen LogP contribution in [0.2, 0.25) is 0 Å².